The molecule has 0 saturated carbocycles. The fourth-order valence-corrected chi connectivity index (χ4v) is 2.27. The average molecular weight is 194 g/mol. The van der Waals surface area contributed by atoms with Crippen molar-refractivity contribution >= 4 is 9.76 Å². The van der Waals surface area contributed by atoms with Crippen LogP contribution in [0.15, 0.2) is 30.3 Å². The molecule has 1 rings (SSSR count). The van der Waals surface area contributed by atoms with Crippen LogP contribution in [0.2, 0.25) is 6.04 Å². The maximum Gasteiger partial charge on any atom is 0.161 e. The molecule has 0 radical (unpaired) electrons. The molecule has 13 heavy (non-hydrogen) atoms. The van der Waals surface area contributed by atoms with Crippen molar-refractivity contribution in [1.29, 1.82) is 0 Å². The highest BCUT2D eigenvalue weighted by atomic mass is 28.2. The van der Waals surface area contributed by atoms with Gasteiger partial charge >= 0.3 is 0 Å². The van der Waals surface area contributed by atoms with Gasteiger partial charge in [-0.2, -0.15) is 0 Å². The van der Waals surface area contributed by atoms with E-state index in [1.54, 1.807) is 0 Å². The molecule has 0 bridgehead atoms. The fraction of sp³-hybridized carbons (Fsp3) is 0.455. The highest BCUT2D eigenvalue weighted by Gasteiger charge is 1.92. The molecule has 0 heterocycles. The van der Waals surface area contributed by atoms with Crippen LogP contribution in [0.4, 0.5) is 0 Å². The van der Waals surface area contributed by atoms with Crippen LogP contribution in [-0.4, -0.2) is 16.4 Å². The fourth-order valence-electron chi connectivity index (χ4n) is 1.32. The summed E-state index contributed by atoms with van der Waals surface area (Å²) in [5.74, 6) is 0. The average Bonchev–Trinajstić information content (AvgIpc) is 2.19. The van der Waals surface area contributed by atoms with Gasteiger partial charge in [-0.1, -0.05) is 36.8 Å². The zero-order chi connectivity index (χ0) is 9.36. The number of benzene rings is 1. The molecule has 0 aromatic heterocycles. The summed E-state index contributed by atoms with van der Waals surface area (Å²) in [6, 6.07) is 12.0. The molecule has 72 valence electrons. The lowest BCUT2D eigenvalue weighted by atomic mass is 10.1. The minimum Gasteiger partial charge on any atom is -0.424 e. The van der Waals surface area contributed by atoms with Crippen molar-refractivity contribution in [2.24, 2.45) is 0 Å². The molecule has 0 spiro atoms. The van der Waals surface area contributed by atoms with E-state index < -0.39 is 0 Å². The molecule has 0 amide bonds. The second-order valence-electron chi connectivity index (χ2n) is 3.14. The first-order valence-electron chi connectivity index (χ1n) is 5.05. The minimum atomic E-state index is -0.205. The van der Waals surface area contributed by atoms with Gasteiger partial charge in [0.05, 0.1) is 0 Å². The maximum atomic E-state index is 5.41. The van der Waals surface area contributed by atoms with Gasteiger partial charge in [-0.05, 0) is 25.0 Å². The Morgan fingerprint density at radius 1 is 1.23 bits per heavy atom. The van der Waals surface area contributed by atoms with E-state index in [4.69, 9.17) is 4.43 Å². The van der Waals surface area contributed by atoms with E-state index in [2.05, 4.69) is 37.3 Å². The summed E-state index contributed by atoms with van der Waals surface area (Å²) in [4.78, 5) is 0. The van der Waals surface area contributed by atoms with Gasteiger partial charge < -0.3 is 4.43 Å². The zero-order valence-electron chi connectivity index (χ0n) is 8.33. The van der Waals surface area contributed by atoms with E-state index in [9.17, 15) is 0 Å². The lowest BCUT2D eigenvalue weighted by molar-refractivity contribution is 0.359. The van der Waals surface area contributed by atoms with Gasteiger partial charge in [0.25, 0.3) is 0 Å². The van der Waals surface area contributed by atoms with Gasteiger partial charge in [-0.25, -0.2) is 0 Å². The molecule has 1 aromatic rings. The predicted molar refractivity (Wildman–Crippen MR) is 59.7 cm³/mol. The first-order chi connectivity index (χ1) is 6.43. The van der Waals surface area contributed by atoms with Gasteiger partial charge in [0.15, 0.2) is 9.76 Å². The van der Waals surface area contributed by atoms with Crippen molar-refractivity contribution in [3.05, 3.63) is 35.9 Å². The second-order valence-corrected chi connectivity index (χ2v) is 4.66. The molecule has 0 saturated heterocycles. The SMILES string of the molecule is CCO[SiH2]CCCc1ccccc1. The molecule has 1 nitrogen and oxygen atoms in total. The van der Waals surface area contributed by atoms with Crippen LogP contribution < -0.4 is 0 Å². The summed E-state index contributed by atoms with van der Waals surface area (Å²) in [6.45, 7) is 2.97. The third kappa shape index (κ3) is 4.86. The molecule has 0 aliphatic carbocycles. The molecule has 1 aromatic carbocycles. The van der Waals surface area contributed by atoms with Crippen molar-refractivity contribution in [3.63, 3.8) is 0 Å². The summed E-state index contributed by atoms with van der Waals surface area (Å²) >= 11 is 0. The van der Waals surface area contributed by atoms with Gasteiger partial charge in [-0.15, -0.1) is 0 Å². The van der Waals surface area contributed by atoms with E-state index in [-0.39, 0.29) is 9.76 Å². The Labute approximate surface area is 83.1 Å². The van der Waals surface area contributed by atoms with Crippen molar-refractivity contribution in [3.8, 4) is 0 Å². The number of rotatable bonds is 6. The summed E-state index contributed by atoms with van der Waals surface area (Å²) in [6.07, 6.45) is 2.50. The number of hydrogen-bond donors (Lipinski definition) is 0. The highest BCUT2D eigenvalue weighted by molar-refractivity contribution is 6.26. The summed E-state index contributed by atoms with van der Waals surface area (Å²) in [5.41, 5.74) is 1.45. The Kier molecular flexibility index (Phi) is 5.53. The molecule has 0 N–H and O–H groups in total. The van der Waals surface area contributed by atoms with Crippen LogP contribution in [0.5, 0.6) is 0 Å². The van der Waals surface area contributed by atoms with Crippen molar-refractivity contribution in [1.82, 2.24) is 0 Å². The van der Waals surface area contributed by atoms with Crippen LogP contribution in [0.25, 0.3) is 0 Å². The van der Waals surface area contributed by atoms with E-state index in [1.807, 2.05) is 0 Å². The summed E-state index contributed by atoms with van der Waals surface area (Å²) < 4.78 is 5.41. The molecule has 0 fully saturated rings. The van der Waals surface area contributed by atoms with Crippen LogP contribution in [0.3, 0.4) is 0 Å². The van der Waals surface area contributed by atoms with E-state index in [0.717, 1.165) is 6.61 Å². The highest BCUT2D eigenvalue weighted by Crippen LogP contribution is 2.04. The standard InChI is InChI=1S/C11H18OSi/c1-2-12-13-10-6-9-11-7-4-3-5-8-11/h3-5,7-8H,2,6,9-10,13H2,1H3. The lowest BCUT2D eigenvalue weighted by Crippen LogP contribution is -1.97. The molecule has 0 atom stereocenters. The number of hydrogen-bond acceptors (Lipinski definition) is 1. The first-order valence-corrected chi connectivity index (χ1v) is 6.63. The minimum absolute atomic E-state index is 0.205. The number of aryl methyl sites for hydroxylation is 1. The second kappa shape index (κ2) is 6.86. The Morgan fingerprint density at radius 3 is 2.69 bits per heavy atom. The smallest absolute Gasteiger partial charge is 0.161 e. The van der Waals surface area contributed by atoms with Crippen molar-refractivity contribution in [2.75, 3.05) is 6.61 Å². The Hall–Kier alpha value is -0.603. The van der Waals surface area contributed by atoms with Gasteiger partial charge in [-0.3, -0.25) is 0 Å². The summed E-state index contributed by atoms with van der Waals surface area (Å²) in [7, 11) is -0.205. The Bertz CT molecular complexity index is 211. The Balaban J connectivity index is 2.07. The maximum absolute atomic E-state index is 5.41. The molecule has 0 aliphatic rings. The molecular weight excluding hydrogens is 176 g/mol. The van der Waals surface area contributed by atoms with Crippen LogP contribution in [0, 0.1) is 0 Å². The van der Waals surface area contributed by atoms with Gasteiger partial charge in [0.2, 0.25) is 0 Å². The molecule has 0 unspecified atom stereocenters. The van der Waals surface area contributed by atoms with Crippen molar-refractivity contribution < 1.29 is 4.43 Å². The molecule has 2 heteroatoms. The van der Waals surface area contributed by atoms with E-state index in [1.165, 1.54) is 24.4 Å². The van der Waals surface area contributed by atoms with Crippen LogP contribution in [0.1, 0.15) is 18.9 Å². The van der Waals surface area contributed by atoms with Crippen LogP contribution >= 0.6 is 0 Å². The third-order valence-corrected chi connectivity index (χ3v) is 3.54. The topological polar surface area (TPSA) is 9.23 Å². The Morgan fingerprint density at radius 2 is 2.00 bits per heavy atom. The largest absolute Gasteiger partial charge is 0.424 e. The van der Waals surface area contributed by atoms with E-state index >= 15 is 0 Å². The predicted octanol–water partition coefficient (Wildman–Crippen LogP) is 2.16. The third-order valence-electron chi connectivity index (χ3n) is 2.05. The van der Waals surface area contributed by atoms with Gasteiger partial charge in [0.1, 0.15) is 0 Å². The quantitative estimate of drug-likeness (QED) is 0.498. The molecular formula is C11H18OSi. The van der Waals surface area contributed by atoms with Gasteiger partial charge in [0, 0.05) is 6.61 Å². The monoisotopic (exact) mass is 194 g/mol. The normalized spacial score (nSPS) is 11.2. The van der Waals surface area contributed by atoms with Crippen molar-refractivity contribution in [2.45, 2.75) is 25.8 Å². The van der Waals surface area contributed by atoms with E-state index in [0.29, 0.717) is 0 Å². The van der Waals surface area contributed by atoms with Crippen LogP contribution in [-0.2, 0) is 10.8 Å². The summed E-state index contributed by atoms with van der Waals surface area (Å²) in [5, 5.41) is 0. The molecule has 0 aliphatic heterocycles. The first kappa shape index (κ1) is 10.5. The zero-order valence-corrected chi connectivity index (χ0v) is 9.74. The lowest BCUT2D eigenvalue weighted by Gasteiger charge is -2.01.